The molecule has 1 aromatic heterocycles. The van der Waals surface area contributed by atoms with Crippen LogP contribution in [-0.2, 0) is 10.0 Å². The van der Waals surface area contributed by atoms with E-state index in [4.69, 9.17) is 9.47 Å². The molecular formula is C25H29N3O5S2. The smallest absolute Gasteiger partial charge is 0.257 e. The van der Waals surface area contributed by atoms with Crippen LogP contribution in [0.4, 0.5) is 5.13 Å². The van der Waals surface area contributed by atoms with Crippen molar-refractivity contribution in [3.05, 3.63) is 53.4 Å². The minimum Gasteiger partial charge on any atom is -0.497 e. The highest BCUT2D eigenvalue weighted by Gasteiger charge is 2.31. The number of amides is 1. The molecule has 0 saturated carbocycles. The highest BCUT2D eigenvalue weighted by atomic mass is 32.2. The molecule has 3 aromatic rings. The minimum absolute atomic E-state index is 0.193. The molecule has 8 nitrogen and oxygen atoms in total. The molecule has 2 aromatic carbocycles. The maximum atomic E-state index is 13.1. The molecule has 1 N–H and O–H groups in total. The molecule has 35 heavy (non-hydrogen) atoms. The monoisotopic (exact) mass is 515 g/mol. The zero-order valence-corrected chi connectivity index (χ0v) is 21.8. The third-order valence-electron chi connectivity index (χ3n) is 6.00. The zero-order valence-electron chi connectivity index (χ0n) is 20.1. The Morgan fingerprint density at radius 2 is 1.74 bits per heavy atom. The first-order valence-corrected chi connectivity index (χ1v) is 13.6. The molecule has 0 spiro atoms. The molecule has 0 aliphatic carbocycles. The largest absolute Gasteiger partial charge is 0.497 e. The van der Waals surface area contributed by atoms with E-state index in [0.717, 1.165) is 12.0 Å². The SMILES string of the molecule is COc1ccc(-c2csc(NC(=O)c3ccc(S(=O)(=O)N4C[C@H](C)C[C@@H](C)C4)cc3)n2)c(OC)c1. The summed E-state index contributed by atoms with van der Waals surface area (Å²) >= 11 is 1.29. The molecule has 1 saturated heterocycles. The number of hydrogen-bond donors (Lipinski definition) is 1. The van der Waals surface area contributed by atoms with Crippen molar-refractivity contribution < 1.29 is 22.7 Å². The number of nitrogens with zero attached hydrogens (tertiary/aromatic N) is 2. The van der Waals surface area contributed by atoms with Crippen molar-refractivity contribution in [1.82, 2.24) is 9.29 Å². The fraction of sp³-hybridized carbons (Fsp3) is 0.360. The standard InChI is InChI=1S/C25H29N3O5S2/c1-16-11-17(2)14-28(13-16)35(30,31)20-8-5-18(6-9-20)24(29)27-25-26-22(15-34-25)21-10-7-19(32-3)12-23(21)33-4/h5-10,12,15-17H,11,13-14H2,1-4H3,(H,26,27,29)/t16-,17-/m1/s1. The quantitative estimate of drug-likeness (QED) is 0.488. The van der Waals surface area contributed by atoms with E-state index in [-0.39, 0.29) is 10.8 Å². The van der Waals surface area contributed by atoms with Crippen LogP contribution in [0.2, 0.25) is 0 Å². The van der Waals surface area contributed by atoms with Gasteiger partial charge in [0.25, 0.3) is 5.91 Å². The fourth-order valence-electron chi connectivity index (χ4n) is 4.36. The van der Waals surface area contributed by atoms with Gasteiger partial charge in [-0.1, -0.05) is 13.8 Å². The number of rotatable bonds is 7. The van der Waals surface area contributed by atoms with Crippen molar-refractivity contribution >= 4 is 32.4 Å². The Morgan fingerprint density at radius 1 is 1.06 bits per heavy atom. The van der Waals surface area contributed by atoms with E-state index in [0.29, 0.717) is 52.8 Å². The molecule has 0 bridgehead atoms. The molecule has 0 unspecified atom stereocenters. The number of aromatic nitrogens is 1. The number of ether oxygens (including phenoxy) is 2. The molecule has 10 heteroatoms. The van der Waals surface area contributed by atoms with Gasteiger partial charge in [-0.3, -0.25) is 10.1 Å². The van der Waals surface area contributed by atoms with Crippen molar-refractivity contribution in [2.75, 3.05) is 32.6 Å². The molecule has 1 amide bonds. The number of sulfonamides is 1. The summed E-state index contributed by atoms with van der Waals surface area (Å²) in [5.74, 6) is 1.56. The molecule has 186 valence electrons. The summed E-state index contributed by atoms with van der Waals surface area (Å²) in [6, 6.07) is 11.5. The fourth-order valence-corrected chi connectivity index (χ4v) is 6.75. The first-order valence-electron chi connectivity index (χ1n) is 11.3. The van der Waals surface area contributed by atoms with E-state index in [1.54, 1.807) is 24.6 Å². The predicted molar refractivity (Wildman–Crippen MR) is 137 cm³/mol. The van der Waals surface area contributed by atoms with Gasteiger partial charge in [-0.25, -0.2) is 13.4 Å². The van der Waals surface area contributed by atoms with Gasteiger partial charge >= 0.3 is 0 Å². The second-order valence-electron chi connectivity index (χ2n) is 8.85. The van der Waals surface area contributed by atoms with Gasteiger partial charge < -0.3 is 9.47 Å². The highest BCUT2D eigenvalue weighted by molar-refractivity contribution is 7.89. The minimum atomic E-state index is -3.60. The maximum Gasteiger partial charge on any atom is 0.257 e. The lowest BCUT2D eigenvalue weighted by Crippen LogP contribution is -2.42. The lowest BCUT2D eigenvalue weighted by atomic mass is 9.94. The summed E-state index contributed by atoms with van der Waals surface area (Å²) < 4.78 is 38.4. The van der Waals surface area contributed by atoms with E-state index in [1.807, 2.05) is 17.5 Å². The lowest BCUT2D eigenvalue weighted by Gasteiger charge is -2.34. The van der Waals surface area contributed by atoms with Gasteiger partial charge in [0.2, 0.25) is 10.0 Å². The summed E-state index contributed by atoms with van der Waals surface area (Å²) in [5.41, 5.74) is 1.79. The predicted octanol–water partition coefficient (Wildman–Crippen LogP) is 4.75. The van der Waals surface area contributed by atoms with Crippen LogP contribution in [0.15, 0.2) is 52.7 Å². The van der Waals surface area contributed by atoms with Crippen LogP contribution in [0.3, 0.4) is 0 Å². The molecule has 2 atom stereocenters. The third-order valence-corrected chi connectivity index (χ3v) is 8.60. The van der Waals surface area contributed by atoms with E-state index in [1.165, 1.54) is 35.6 Å². The van der Waals surface area contributed by atoms with E-state index in [9.17, 15) is 13.2 Å². The Labute approximate surface area is 210 Å². The molecule has 4 rings (SSSR count). The number of anilines is 1. The number of piperidine rings is 1. The van der Waals surface area contributed by atoms with Crippen LogP contribution >= 0.6 is 11.3 Å². The third kappa shape index (κ3) is 5.50. The van der Waals surface area contributed by atoms with Crippen molar-refractivity contribution in [2.45, 2.75) is 25.2 Å². The van der Waals surface area contributed by atoms with Gasteiger partial charge in [0.1, 0.15) is 11.5 Å². The average Bonchev–Trinajstić information content (AvgIpc) is 3.31. The summed E-state index contributed by atoms with van der Waals surface area (Å²) in [4.78, 5) is 17.5. The second-order valence-corrected chi connectivity index (χ2v) is 11.6. The summed E-state index contributed by atoms with van der Waals surface area (Å²) in [6.45, 7) is 5.17. The van der Waals surface area contributed by atoms with Gasteiger partial charge in [0.05, 0.1) is 24.8 Å². The lowest BCUT2D eigenvalue weighted by molar-refractivity contribution is 0.102. The molecular weight excluding hydrogens is 486 g/mol. The second kappa shape index (κ2) is 10.3. The molecule has 1 fully saturated rings. The summed E-state index contributed by atoms with van der Waals surface area (Å²) in [5, 5.41) is 5.04. The van der Waals surface area contributed by atoms with Crippen LogP contribution in [0.25, 0.3) is 11.3 Å². The van der Waals surface area contributed by atoms with Crippen molar-refractivity contribution in [3.63, 3.8) is 0 Å². The number of hydrogen-bond acceptors (Lipinski definition) is 7. The first kappa shape index (κ1) is 25.2. The molecule has 0 radical (unpaired) electrons. The Morgan fingerprint density at radius 3 is 2.37 bits per heavy atom. The van der Waals surface area contributed by atoms with Gasteiger partial charge in [-0.05, 0) is 54.7 Å². The van der Waals surface area contributed by atoms with Crippen molar-refractivity contribution in [1.29, 1.82) is 0 Å². The van der Waals surface area contributed by atoms with Gasteiger partial charge in [0, 0.05) is 35.7 Å². The Balaban J connectivity index is 1.47. The van der Waals surface area contributed by atoms with Gasteiger partial charge in [0.15, 0.2) is 5.13 Å². The molecule has 1 aliphatic rings. The Hall–Kier alpha value is -2.95. The van der Waals surface area contributed by atoms with Crippen molar-refractivity contribution in [3.8, 4) is 22.8 Å². The van der Waals surface area contributed by atoms with Gasteiger partial charge in [-0.2, -0.15) is 4.31 Å². The first-order chi connectivity index (χ1) is 16.7. The number of carbonyl (C=O) groups excluding carboxylic acids is 1. The topological polar surface area (TPSA) is 97.8 Å². The number of methoxy groups -OCH3 is 2. The van der Waals surface area contributed by atoms with Crippen LogP contribution in [0.5, 0.6) is 11.5 Å². The zero-order chi connectivity index (χ0) is 25.2. The summed E-state index contributed by atoms with van der Waals surface area (Å²) in [7, 11) is -0.440. The van der Waals surface area contributed by atoms with E-state index < -0.39 is 10.0 Å². The number of carbonyl (C=O) groups is 1. The van der Waals surface area contributed by atoms with E-state index in [2.05, 4.69) is 24.1 Å². The average molecular weight is 516 g/mol. The Kier molecular flexibility index (Phi) is 7.44. The Bertz CT molecular complexity index is 1290. The van der Waals surface area contributed by atoms with Crippen LogP contribution < -0.4 is 14.8 Å². The number of thiazole rings is 1. The van der Waals surface area contributed by atoms with Crippen molar-refractivity contribution in [2.24, 2.45) is 11.8 Å². The molecule has 2 heterocycles. The van der Waals surface area contributed by atoms with Gasteiger partial charge in [-0.15, -0.1) is 11.3 Å². The van der Waals surface area contributed by atoms with Crippen LogP contribution in [0, 0.1) is 11.8 Å². The van der Waals surface area contributed by atoms with E-state index >= 15 is 0 Å². The normalized spacial score (nSPS) is 18.7. The number of benzene rings is 2. The van der Waals surface area contributed by atoms with Crippen LogP contribution in [-0.4, -0.2) is 50.9 Å². The summed E-state index contributed by atoms with van der Waals surface area (Å²) in [6.07, 6.45) is 1.02. The highest BCUT2D eigenvalue weighted by Crippen LogP contribution is 2.35. The van der Waals surface area contributed by atoms with Crippen LogP contribution in [0.1, 0.15) is 30.6 Å². The maximum absolute atomic E-state index is 13.1. The number of nitrogens with one attached hydrogen (secondary N) is 1. The molecule has 1 aliphatic heterocycles.